The van der Waals surface area contributed by atoms with Crippen LogP contribution in [0.25, 0.3) is 6.08 Å². The lowest BCUT2D eigenvalue weighted by molar-refractivity contribution is -0.0812. The molecule has 0 aliphatic heterocycles. The normalized spacial score (nSPS) is 26.5. The Kier molecular flexibility index (Phi) is 1.65. The molecule has 0 heterocycles. The summed E-state index contributed by atoms with van der Waals surface area (Å²) in [5.74, 6) is 0. The van der Waals surface area contributed by atoms with Crippen LogP contribution < -0.4 is 0 Å². The molecule has 0 bridgehead atoms. The molecule has 1 saturated carbocycles. The Bertz CT molecular complexity index is 461. The molecule has 0 atom stereocenters. The van der Waals surface area contributed by atoms with E-state index >= 15 is 0 Å². The summed E-state index contributed by atoms with van der Waals surface area (Å²) in [6.45, 7) is 9.63. The quantitative estimate of drug-likeness (QED) is 0.597. The van der Waals surface area contributed by atoms with Crippen molar-refractivity contribution in [1.29, 1.82) is 0 Å². The largest absolute Gasteiger partial charge is 0.0723 e. The molecule has 2 aliphatic carbocycles. The fraction of sp³-hybridized carbons (Fsp3) is 0.500. The van der Waals surface area contributed by atoms with Crippen molar-refractivity contribution in [3.63, 3.8) is 0 Å². The second-order valence-corrected chi connectivity index (χ2v) is 6.67. The standard InChI is InChI=1S/C16H20/c1-14(2)11-15(3,4)16(14)10-9-12-7-5-6-8-13(12)16/h5-10H,11H2,1-4H3. The van der Waals surface area contributed by atoms with Gasteiger partial charge in [-0.15, -0.1) is 0 Å². The maximum Gasteiger partial charge on any atom is 0.0244 e. The molecule has 1 spiro atoms. The summed E-state index contributed by atoms with van der Waals surface area (Å²) < 4.78 is 0. The Balaban J connectivity index is 2.25. The van der Waals surface area contributed by atoms with E-state index in [2.05, 4.69) is 64.1 Å². The van der Waals surface area contributed by atoms with Crippen molar-refractivity contribution in [2.45, 2.75) is 39.5 Å². The van der Waals surface area contributed by atoms with Gasteiger partial charge in [-0.3, -0.25) is 0 Å². The number of benzene rings is 1. The molecule has 2 aliphatic rings. The highest BCUT2D eigenvalue weighted by atomic mass is 14.7. The van der Waals surface area contributed by atoms with Gasteiger partial charge < -0.3 is 0 Å². The van der Waals surface area contributed by atoms with Crippen LogP contribution in [0, 0.1) is 10.8 Å². The van der Waals surface area contributed by atoms with Gasteiger partial charge in [0.05, 0.1) is 0 Å². The minimum Gasteiger partial charge on any atom is -0.0723 e. The average Bonchev–Trinajstić information content (AvgIpc) is 2.57. The van der Waals surface area contributed by atoms with E-state index in [1.807, 2.05) is 0 Å². The second kappa shape index (κ2) is 2.61. The molecule has 0 N–H and O–H groups in total. The van der Waals surface area contributed by atoms with Crippen LogP contribution in [0.2, 0.25) is 0 Å². The molecule has 1 aromatic carbocycles. The van der Waals surface area contributed by atoms with Gasteiger partial charge in [0, 0.05) is 5.41 Å². The van der Waals surface area contributed by atoms with Crippen LogP contribution in [0.15, 0.2) is 30.3 Å². The second-order valence-electron chi connectivity index (χ2n) is 6.67. The van der Waals surface area contributed by atoms with Crippen LogP contribution in [0.1, 0.15) is 45.2 Å². The van der Waals surface area contributed by atoms with E-state index < -0.39 is 0 Å². The van der Waals surface area contributed by atoms with Crippen molar-refractivity contribution in [2.24, 2.45) is 10.8 Å². The fourth-order valence-corrected chi connectivity index (χ4v) is 4.68. The fourth-order valence-electron chi connectivity index (χ4n) is 4.68. The third-order valence-electron chi connectivity index (χ3n) is 4.92. The number of allylic oxidation sites excluding steroid dienone is 1. The Labute approximate surface area is 98.4 Å². The zero-order valence-corrected chi connectivity index (χ0v) is 10.7. The Morgan fingerprint density at radius 1 is 0.938 bits per heavy atom. The first-order valence-electron chi connectivity index (χ1n) is 6.20. The van der Waals surface area contributed by atoms with Gasteiger partial charge in [-0.25, -0.2) is 0 Å². The number of hydrogen-bond donors (Lipinski definition) is 0. The van der Waals surface area contributed by atoms with Crippen molar-refractivity contribution in [3.05, 3.63) is 41.5 Å². The summed E-state index contributed by atoms with van der Waals surface area (Å²) in [5.41, 5.74) is 4.00. The van der Waals surface area contributed by atoms with E-state index in [0.717, 1.165) is 0 Å². The molecular formula is C16H20. The molecule has 1 aromatic rings. The van der Waals surface area contributed by atoms with Crippen LogP contribution in [-0.2, 0) is 5.41 Å². The first kappa shape index (κ1) is 10.1. The zero-order chi connectivity index (χ0) is 11.6. The van der Waals surface area contributed by atoms with E-state index in [9.17, 15) is 0 Å². The minimum absolute atomic E-state index is 0.261. The number of rotatable bonds is 0. The van der Waals surface area contributed by atoms with Crippen LogP contribution >= 0.6 is 0 Å². The predicted octanol–water partition coefficient (Wildman–Crippen LogP) is 4.41. The van der Waals surface area contributed by atoms with Gasteiger partial charge in [-0.2, -0.15) is 0 Å². The molecule has 84 valence electrons. The predicted molar refractivity (Wildman–Crippen MR) is 69.3 cm³/mol. The summed E-state index contributed by atoms with van der Waals surface area (Å²) in [5, 5.41) is 0. The van der Waals surface area contributed by atoms with Gasteiger partial charge in [0.1, 0.15) is 0 Å². The number of hydrogen-bond acceptors (Lipinski definition) is 0. The van der Waals surface area contributed by atoms with Crippen molar-refractivity contribution < 1.29 is 0 Å². The Morgan fingerprint density at radius 3 is 2.19 bits per heavy atom. The average molecular weight is 212 g/mol. The summed E-state index contributed by atoms with van der Waals surface area (Å²) in [4.78, 5) is 0. The number of fused-ring (bicyclic) bond motifs is 2. The monoisotopic (exact) mass is 212 g/mol. The first-order chi connectivity index (χ1) is 7.41. The van der Waals surface area contributed by atoms with E-state index in [4.69, 9.17) is 0 Å². The van der Waals surface area contributed by atoms with Crippen molar-refractivity contribution in [2.75, 3.05) is 0 Å². The van der Waals surface area contributed by atoms with E-state index in [-0.39, 0.29) is 5.41 Å². The van der Waals surface area contributed by atoms with Gasteiger partial charge in [0.25, 0.3) is 0 Å². The third-order valence-corrected chi connectivity index (χ3v) is 4.92. The van der Waals surface area contributed by atoms with E-state index in [0.29, 0.717) is 10.8 Å². The lowest BCUT2D eigenvalue weighted by Crippen LogP contribution is -2.62. The molecule has 0 unspecified atom stereocenters. The maximum absolute atomic E-state index is 2.46. The maximum atomic E-state index is 2.46. The molecule has 0 aromatic heterocycles. The topological polar surface area (TPSA) is 0 Å². The van der Waals surface area contributed by atoms with Crippen LogP contribution in [-0.4, -0.2) is 0 Å². The third kappa shape index (κ3) is 0.878. The van der Waals surface area contributed by atoms with Gasteiger partial charge in [-0.05, 0) is 28.4 Å². The minimum atomic E-state index is 0.261. The summed E-state index contributed by atoms with van der Waals surface area (Å²) in [6, 6.07) is 8.88. The van der Waals surface area contributed by atoms with Crippen LogP contribution in [0.3, 0.4) is 0 Å². The zero-order valence-electron chi connectivity index (χ0n) is 10.7. The van der Waals surface area contributed by atoms with Gasteiger partial charge >= 0.3 is 0 Å². The summed E-state index contributed by atoms with van der Waals surface area (Å²) >= 11 is 0. The SMILES string of the molecule is CC1(C)CC(C)(C)C12C=Cc1ccccc12. The Morgan fingerprint density at radius 2 is 1.56 bits per heavy atom. The molecular weight excluding hydrogens is 192 g/mol. The smallest absolute Gasteiger partial charge is 0.0244 e. The van der Waals surface area contributed by atoms with Crippen molar-refractivity contribution in [3.8, 4) is 0 Å². The van der Waals surface area contributed by atoms with Crippen LogP contribution in [0.5, 0.6) is 0 Å². The summed E-state index contributed by atoms with van der Waals surface area (Å²) in [6.07, 6.45) is 6.08. The molecule has 0 saturated heterocycles. The molecule has 3 rings (SSSR count). The Hall–Kier alpha value is -1.04. The van der Waals surface area contributed by atoms with Gasteiger partial charge in [-0.1, -0.05) is 64.1 Å². The molecule has 1 fully saturated rings. The van der Waals surface area contributed by atoms with Crippen molar-refractivity contribution >= 4 is 6.08 Å². The van der Waals surface area contributed by atoms with Gasteiger partial charge in [0.15, 0.2) is 0 Å². The lowest BCUT2D eigenvalue weighted by Gasteiger charge is -2.66. The highest BCUT2D eigenvalue weighted by Gasteiger charge is 2.65. The van der Waals surface area contributed by atoms with E-state index in [1.54, 1.807) is 0 Å². The summed E-state index contributed by atoms with van der Waals surface area (Å²) in [7, 11) is 0. The molecule has 0 heteroatoms. The first-order valence-corrected chi connectivity index (χ1v) is 6.20. The van der Waals surface area contributed by atoms with E-state index in [1.165, 1.54) is 17.5 Å². The molecule has 0 radical (unpaired) electrons. The molecule has 0 nitrogen and oxygen atoms in total. The highest BCUT2D eigenvalue weighted by molar-refractivity contribution is 5.68. The van der Waals surface area contributed by atoms with Crippen LogP contribution in [0.4, 0.5) is 0 Å². The molecule has 0 amide bonds. The van der Waals surface area contributed by atoms with Gasteiger partial charge in [0.2, 0.25) is 0 Å². The van der Waals surface area contributed by atoms with Crippen molar-refractivity contribution in [1.82, 2.24) is 0 Å². The molecule has 16 heavy (non-hydrogen) atoms. The highest BCUT2D eigenvalue weighted by Crippen LogP contribution is 2.71. The lowest BCUT2D eigenvalue weighted by atomic mass is 9.37.